The summed E-state index contributed by atoms with van der Waals surface area (Å²) in [4.78, 5) is 39.7. The molecule has 1 N–H and O–H groups in total. The predicted octanol–water partition coefficient (Wildman–Crippen LogP) is 1.72. The summed E-state index contributed by atoms with van der Waals surface area (Å²) < 4.78 is 5.39. The molecule has 0 spiro atoms. The second-order valence-electron chi connectivity index (χ2n) is 4.97. The van der Waals surface area contributed by atoms with Crippen molar-refractivity contribution < 1.29 is 4.42 Å². The molecular formula is C17H9NO4. The second kappa shape index (κ2) is 4.39. The number of para-hydroxylation sites is 1. The number of hydrogen-bond acceptors (Lipinski definition) is 4. The van der Waals surface area contributed by atoms with Gasteiger partial charge in [0.15, 0.2) is 5.42 Å². The Balaban J connectivity index is 2.53. The maximum Gasteiger partial charge on any atom is 0.345 e. The third-order valence-corrected chi connectivity index (χ3v) is 3.68. The van der Waals surface area contributed by atoms with Gasteiger partial charge in [0.2, 0.25) is 5.43 Å². The summed E-state index contributed by atoms with van der Waals surface area (Å²) in [7, 11) is 0. The summed E-state index contributed by atoms with van der Waals surface area (Å²) in [6.45, 7) is 0. The van der Waals surface area contributed by atoms with Gasteiger partial charge in [-0.1, -0.05) is 36.4 Å². The van der Waals surface area contributed by atoms with Gasteiger partial charge in [0, 0.05) is 10.8 Å². The predicted molar refractivity (Wildman–Crippen MR) is 82.2 cm³/mol. The quantitative estimate of drug-likeness (QED) is 0.500. The number of aromatic nitrogens is 1. The summed E-state index contributed by atoms with van der Waals surface area (Å²) in [6.07, 6.45) is 0. The summed E-state index contributed by atoms with van der Waals surface area (Å²) >= 11 is 0. The molecule has 0 saturated heterocycles. The number of fused-ring (bicyclic) bond motifs is 3. The Labute approximate surface area is 122 Å². The molecule has 0 unspecified atom stereocenters. The molecule has 1 heterocycles. The van der Waals surface area contributed by atoms with Crippen LogP contribution in [-0.4, -0.2) is 4.98 Å². The van der Waals surface area contributed by atoms with Gasteiger partial charge in [-0.15, -0.1) is 0 Å². The molecule has 5 heteroatoms. The van der Waals surface area contributed by atoms with Crippen molar-refractivity contribution in [2.75, 3.05) is 0 Å². The van der Waals surface area contributed by atoms with Crippen LogP contribution in [0, 0.1) is 10.8 Å². The summed E-state index contributed by atoms with van der Waals surface area (Å²) in [5.41, 5.74) is -1.35. The number of H-pyrrole nitrogens is 1. The van der Waals surface area contributed by atoms with Gasteiger partial charge in [0.25, 0.3) is 5.43 Å². The Hall–Kier alpha value is -3.21. The second-order valence-corrected chi connectivity index (χ2v) is 4.97. The number of benzene rings is 2. The summed E-state index contributed by atoms with van der Waals surface area (Å²) in [6, 6.07) is 13.3. The normalized spacial score (nSPS) is 11.3. The lowest BCUT2D eigenvalue weighted by Gasteiger charge is -1.95. The van der Waals surface area contributed by atoms with Gasteiger partial charge in [-0.2, -0.15) is 0 Å². The molecule has 22 heavy (non-hydrogen) atoms. The van der Waals surface area contributed by atoms with Crippen LogP contribution in [0.3, 0.4) is 0 Å². The molecular weight excluding hydrogens is 282 g/mol. The zero-order valence-electron chi connectivity index (χ0n) is 11.3. The number of hydrogen-bond donors (Lipinski definition) is 1. The topological polar surface area (TPSA) is 80.1 Å². The van der Waals surface area contributed by atoms with E-state index in [9.17, 15) is 14.4 Å². The van der Waals surface area contributed by atoms with Crippen molar-refractivity contribution in [3.63, 3.8) is 0 Å². The molecule has 2 aromatic rings. The monoisotopic (exact) mass is 291 g/mol. The number of aromatic amines is 1. The standard InChI is InChI=1S/C17H9NO4/c19-14-9-5-1-2-6-10(9)16-13(15(14)20)18-12-8-4-3-7-11(12)17(21)22-16/h1-8,18H. The third-order valence-electron chi connectivity index (χ3n) is 3.68. The van der Waals surface area contributed by atoms with E-state index in [0.29, 0.717) is 16.3 Å². The Bertz CT molecular complexity index is 1280. The highest BCUT2D eigenvalue weighted by atomic mass is 16.4. The molecule has 1 aliphatic carbocycles. The Morgan fingerprint density at radius 1 is 0.727 bits per heavy atom. The molecule has 2 aliphatic rings. The van der Waals surface area contributed by atoms with Gasteiger partial charge in [-0.25, -0.2) is 4.79 Å². The first-order valence-electron chi connectivity index (χ1n) is 6.68. The molecule has 0 amide bonds. The molecule has 2 aromatic carbocycles. The lowest BCUT2D eigenvalue weighted by Crippen LogP contribution is -2.25. The first kappa shape index (κ1) is 12.5. The molecule has 0 fully saturated rings. The first-order valence-corrected chi connectivity index (χ1v) is 6.68. The summed E-state index contributed by atoms with van der Waals surface area (Å²) in [5.74, 6) is 0. The van der Waals surface area contributed by atoms with Crippen molar-refractivity contribution in [3.05, 3.63) is 90.2 Å². The molecule has 5 nitrogen and oxygen atoms in total. The summed E-state index contributed by atoms with van der Waals surface area (Å²) in [5, 5.41) is 0.999. The van der Waals surface area contributed by atoms with E-state index in [4.69, 9.17) is 4.42 Å². The minimum atomic E-state index is -0.710. The van der Waals surface area contributed by atoms with Gasteiger partial charge in [0.1, 0.15) is 5.35 Å². The lowest BCUT2D eigenvalue weighted by molar-refractivity contribution is 0.496. The third kappa shape index (κ3) is 1.62. The van der Waals surface area contributed by atoms with Crippen LogP contribution in [0.4, 0.5) is 0 Å². The van der Waals surface area contributed by atoms with Crippen LogP contribution < -0.4 is 16.5 Å². The van der Waals surface area contributed by atoms with Crippen molar-refractivity contribution >= 4 is 21.7 Å². The SMILES string of the molecule is O=c1c2[nH]c3ccccc3c(=O)oc=2c2ccccc2c1=O. The van der Waals surface area contributed by atoms with Gasteiger partial charge in [0.05, 0.1) is 10.9 Å². The number of rotatable bonds is 0. The van der Waals surface area contributed by atoms with E-state index in [1.54, 1.807) is 48.5 Å². The van der Waals surface area contributed by atoms with Crippen LogP contribution in [0.15, 0.2) is 67.3 Å². The molecule has 4 rings (SSSR count). The molecule has 0 aromatic heterocycles. The largest absolute Gasteiger partial charge is 0.420 e. The van der Waals surface area contributed by atoms with Crippen LogP contribution in [0.5, 0.6) is 0 Å². The van der Waals surface area contributed by atoms with Crippen LogP contribution in [-0.2, 0) is 0 Å². The van der Waals surface area contributed by atoms with Gasteiger partial charge < -0.3 is 9.40 Å². The average molecular weight is 291 g/mol. The highest BCUT2D eigenvalue weighted by molar-refractivity contribution is 5.82. The van der Waals surface area contributed by atoms with E-state index in [1.807, 2.05) is 0 Å². The highest BCUT2D eigenvalue weighted by Crippen LogP contribution is 2.11. The van der Waals surface area contributed by atoms with E-state index in [0.717, 1.165) is 0 Å². The minimum Gasteiger partial charge on any atom is -0.420 e. The van der Waals surface area contributed by atoms with Crippen LogP contribution in [0.25, 0.3) is 21.7 Å². The van der Waals surface area contributed by atoms with Crippen LogP contribution in [0.1, 0.15) is 0 Å². The van der Waals surface area contributed by atoms with Crippen molar-refractivity contribution in [2.45, 2.75) is 0 Å². The van der Waals surface area contributed by atoms with Crippen molar-refractivity contribution in [1.29, 1.82) is 0 Å². The molecule has 0 radical (unpaired) electrons. The first-order chi connectivity index (χ1) is 10.7. The smallest absolute Gasteiger partial charge is 0.345 e. The zero-order chi connectivity index (χ0) is 15.3. The fourth-order valence-electron chi connectivity index (χ4n) is 2.62. The average Bonchev–Trinajstić information content (AvgIpc) is 2.70. The molecule has 106 valence electrons. The Morgan fingerprint density at radius 2 is 1.36 bits per heavy atom. The van der Waals surface area contributed by atoms with E-state index in [1.165, 1.54) is 0 Å². The van der Waals surface area contributed by atoms with Crippen molar-refractivity contribution in [2.24, 2.45) is 0 Å². The van der Waals surface area contributed by atoms with E-state index in [2.05, 4.69) is 4.98 Å². The van der Waals surface area contributed by atoms with E-state index < -0.39 is 16.5 Å². The number of nitrogens with one attached hydrogen (secondary N) is 1. The molecule has 0 atom stereocenters. The van der Waals surface area contributed by atoms with Gasteiger partial charge >= 0.3 is 5.63 Å². The van der Waals surface area contributed by atoms with Crippen molar-refractivity contribution in [1.82, 2.24) is 4.98 Å². The highest BCUT2D eigenvalue weighted by Gasteiger charge is 2.10. The maximum absolute atomic E-state index is 12.3. The van der Waals surface area contributed by atoms with Gasteiger partial charge in [-0.05, 0) is 12.1 Å². The minimum absolute atomic E-state index is 0.00185. The van der Waals surface area contributed by atoms with Gasteiger partial charge in [-0.3, -0.25) is 9.59 Å². The Kier molecular flexibility index (Phi) is 2.50. The fourth-order valence-corrected chi connectivity index (χ4v) is 2.62. The van der Waals surface area contributed by atoms with Crippen LogP contribution in [0.2, 0.25) is 0 Å². The molecule has 1 aliphatic heterocycles. The molecule has 0 saturated carbocycles. The Morgan fingerprint density at radius 3 is 2.14 bits per heavy atom. The molecule has 0 bridgehead atoms. The zero-order valence-corrected chi connectivity index (χ0v) is 11.3. The van der Waals surface area contributed by atoms with E-state index in [-0.39, 0.29) is 16.2 Å². The van der Waals surface area contributed by atoms with Crippen LogP contribution >= 0.6 is 0 Å². The fraction of sp³-hybridized carbons (Fsp3) is 0. The maximum atomic E-state index is 12.3. The van der Waals surface area contributed by atoms with E-state index >= 15 is 0 Å². The van der Waals surface area contributed by atoms with Crippen molar-refractivity contribution in [3.8, 4) is 0 Å². The lowest BCUT2D eigenvalue weighted by atomic mass is 10.1.